The number of thiocarbonyl (C=S) groups is 1. The van der Waals surface area contributed by atoms with Gasteiger partial charge in [0.1, 0.15) is 6.10 Å². The van der Waals surface area contributed by atoms with Crippen molar-refractivity contribution in [3.8, 4) is 0 Å². The van der Waals surface area contributed by atoms with E-state index in [1.807, 2.05) is 11.9 Å². The summed E-state index contributed by atoms with van der Waals surface area (Å²) in [6, 6.07) is 6.34. The van der Waals surface area contributed by atoms with Crippen LogP contribution in [0.3, 0.4) is 0 Å². The Morgan fingerprint density at radius 3 is 2.56 bits per heavy atom. The summed E-state index contributed by atoms with van der Waals surface area (Å²) in [5.41, 5.74) is 0.981. The van der Waals surface area contributed by atoms with Crippen LogP contribution in [0.15, 0.2) is 24.3 Å². The normalized spacial score (nSPS) is 19.7. The van der Waals surface area contributed by atoms with Crippen LogP contribution in [0, 0.1) is 10.1 Å². The van der Waals surface area contributed by atoms with Crippen molar-refractivity contribution in [2.45, 2.75) is 6.10 Å². The van der Waals surface area contributed by atoms with Gasteiger partial charge in [-0.25, -0.2) is 0 Å². The van der Waals surface area contributed by atoms with Crippen molar-refractivity contribution in [2.24, 2.45) is 0 Å². The van der Waals surface area contributed by atoms with Gasteiger partial charge in [-0.1, -0.05) is 0 Å². The zero-order valence-corrected chi connectivity index (χ0v) is 9.44. The van der Waals surface area contributed by atoms with Gasteiger partial charge in [0.05, 0.1) is 11.5 Å². The number of non-ortho nitro benzene ring substituents is 1. The molecule has 0 saturated carbocycles. The summed E-state index contributed by atoms with van der Waals surface area (Å²) in [6.07, 6.45) is -0.127. The molecule has 0 spiro atoms. The Labute approximate surface area is 97.8 Å². The maximum atomic E-state index is 10.5. The molecule has 6 heteroatoms. The maximum Gasteiger partial charge on any atom is 0.269 e. The van der Waals surface area contributed by atoms with Crippen LogP contribution in [0.1, 0.15) is 11.7 Å². The number of likely N-dealkylation sites (N-methyl/N-ethyl adjacent to an activating group) is 1. The third-order valence-electron chi connectivity index (χ3n) is 2.47. The molecule has 1 unspecified atom stereocenters. The number of rotatable bonds is 2. The van der Waals surface area contributed by atoms with Gasteiger partial charge in [-0.15, -0.1) is 0 Å². The molecule has 2 rings (SSSR count). The Kier molecular flexibility index (Phi) is 2.74. The Morgan fingerprint density at radius 2 is 2.12 bits per heavy atom. The number of benzene rings is 1. The minimum absolute atomic E-state index is 0.0812. The van der Waals surface area contributed by atoms with Crippen molar-refractivity contribution in [3.05, 3.63) is 39.9 Å². The molecule has 1 aromatic rings. The average molecular weight is 238 g/mol. The van der Waals surface area contributed by atoms with Gasteiger partial charge < -0.3 is 9.64 Å². The van der Waals surface area contributed by atoms with E-state index in [-0.39, 0.29) is 11.8 Å². The zero-order valence-electron chi connectivity index (χ0n) is 8.62. The smallest absolute Gasteiger partial charge is 0.269 e. The summed E-state index contributed by atoms with van der Waals surface area (Å²) < 4.78 is 5.45. The molecule has 1 aliphatic rings. The van der Waals surface area contributed by atoms with Gasteiger partial charge in [-0.2, -0.15) is 0 Å². The predicted octanol–water partition coefficient (Wildman–Crippen LogP) is 1.88. The highest BCUT2D eigenvalue weighted by Gasteiger charge is 2.26. The predicted molar refractivity (Wildman–Crippen MR) is 62.2 cm³/mol. The second-order valence-electron chi connectivity index (χ2n) is 3.60. The minimum atomic E-state index is -0.421. The SMILES string of the molecule is CN1CC(c2ccc([N+](=O)[O-])cc2)OC1=S. The van der Waals surface area contributed by atoms with Crippen LogP contribution in [0.4, 0.5) is 5.69 Å². The molecule has 5 nitrogen and oxygen atoms in total. The summed E-state index contributed by atoms with van der Waals surface area (Å²) in [5, 5.41) is 10.9. The van der Waals surface area contributed by atoms with Gasteiger partial charge >= 0.3 is 0 Å². The van der Waals surface area contributed by atoms with Gasteiger partial charge in [0.15, 0.2) is 0 Å². The van der Waals surface area contributed by atoms with E-state index in [2.05, 4.69) is 0 Å². The highest BCUT2D eigenvalue weighted by atomic mass is 32.1. The number of hydrogen-bond donors (Lipinski definition) is 0. The molecule has 0 aromatic heterocycles. The van der Waals surface area contributed by atoms with Crippen LogP contribution in [-0.4, -0.2) is 28.6 Å². The summed E-state index contributed by atoms with van der Waals surface area (Å²) in [6.45, 7) is 0.677. The quantitative estimate of drug-likeness (QED) is 0.447. The minimum Gasteiger partial charge on any atom is -0.461 e. The summed E-state index contributed by atoms with van der Waals surface area (Å²) >= 11 is 4.98. The third-order valence-corrected chi connectivity index (χ3v) is 2.88. The van der Waals surface area contributed by atoms with Crippen molar-refractivity contribution >= 4 is 23.1 Å². The molecular weight excluding hydrogens is 228 g/mol. The number of hydrogen-bond acceptors (Lipinski definition) is 4. The highest BCUT2D eigenvalue weighted by Crippen LogP contribution is 2.26. The molecule has 1 aromatic carbocycles. The Bertz CT molecular complexity index is 432. The van der Waals surface area contributed by atoms with E-state index in [1.165, 1.54) is 12.1 Å². The lowest BCUT2D eigenvalue weighted by Gasteiger charge is -2.07. The fourth-order valence-corrected chi connectivity index (χ4v) is 1.75. The van der Waals surface area contributed by atoms with Crippen molar-refractivity contribution < 1.29 is 9.66 Å². The van der Waals surface area contributed by atoms with Gasteiger partial charge in [0.25, 0.3) is 10.9 Å². The molecule has 1 atom stereocenters. The van der Waals surface area contributed by atoms with E-state index >= 15 is 0 Å². The molecular formula is C10H10N2O3S. The van der Waals surface area contributed by atoms with E-state index in [9.17, 15) is 10.1 Å². The summed E-state index contributed by atoms with van der Waals surface area (Å²) in [4.78, 5) is 11.9. The molecule has 0 aliphatic carbocycles. The van der Waals surface area contributed by atoms with Crippen LogP contribution in [0.5, 0.6) is 0 Å². The molecule has 1 saturated heterocycles. The molecule has 1 fully saturated rings. The Morgan fingerprint density at radius 1 is 1.50 bits per heavy atom. The fraction of sp³-hybridized carbons (Fsp3) is 0.300. The first-order chi connectivity index (χ1) is 7.58. The summed E-state index contributed by atoms with van der Waals surface area (Å²) in [5.74, 6) is 0. The largest absolute Gasteiger partial charge is 0.461 e. The third kappa shape index (κ3) is 1.96. The van der Waals surface area contributed by atoms with E-state index in [1.54, 1.807) is 12.1 Å². The lowest BCUT2D eigenvalue weighted by atomic mass is 10.1. The molecule has 1 heterocycles. The van der Waals surface area contributed by atoms with Crippen LogP contribution in [-0.2, 0) is 4.74 Å². The molecule has 84 valence electrons. The van der Waals surface area contributed by atoms with Crippen LogP contribution in [0.2, 0.25) is 0 Å². The first-order valence-corrected chi connectivity index (χ1v) is 5.15. The molecule has 0 N–H and O–H groups in total. The maximum absolute atomic E-state index is 10.5. The van der Waals surface area contributed by atoms with Crippen LogP contribution < -0.4 is 0 Å². The zero-order chi connectivity index (χ0) is 11.7. The van der Waals surface area contributed by atoms with Crippen LogP contribution >= 0.6 is 12.2 Å². The standard InChI is InChI=1S/C10H10N2O3S/c1-11-6-9(15-10(11)16)7-2-4-8(5-3-7)12(13)14/h2-5,9H,6H2,1H3. The molecule has 16 heavy (non-hydrogen) atoms. The van der Waals surface area contributed by atoms with E-state index in [4.69, 9.17) is 17.0 Å². The Balaban J connectivity index is 2.17. The number of nitro benzene ring substituents is 1. The van der Waals surface area contributed by atoms with Crippen molar-refractivity contribution in [2.75, 3.05) is 13.6 Å². The van der Waals surface area contributed by atoms with Gasteiger partial charge in [-0.05, 0) is 29.9 Å². The topological polar surface area (TPSA) is 55.6 Å². The highest BCUT2D eigenvalue weighted by molar-refractivity contribution is 7.80. The van der Waals surface area contributed by atoms with Gasteiger partial charge in [-0.3, -0.25) is 10.1 Å². The average Bonchev–Trinajstić information content (AvgIpc) is 2.59. The van der Waals surface area contributed by atoms with Gasteiger partial charge in [0, 0.05) is 19.2 Å². The van der Waals surface area contributed by atoms with E-state index in [0.29, 0.717) is 11.7 Å². The fourth-order valence-electron chi connectivity index (χ4n) is 1.56. The van der Waals surface area contributed by atoms with Crippen molar-refractivity contribution in [3.63, 3.8) is 0 Å². The monoisotopic (exact) mass is 238 g/mol. The molecule has 1 aliphatic heterocycles. The van der Waals surface area contributed by atoms with E-state index in [0.717, 1.165) is 5.56 Å². The molecule has 0 amide bonds. The lowest BCUT2D eigenvalue weighted by Crippen LogP contribution is -2.17. The first kappa shape index (κ1) is 10.8. The molecule has 0 radical (unpaired) electrons. The number of nitrogens with zero attached hydrogens (tertiary/aromatic N) is 2. The summed E-state index contributed by atoms with van der Waals surface area (Å²) in [7, 11) is 1.85. The Hall–Kier alpha value is -1.69. The molecule has 0 bridgehead atoms. The lowest BCUT2D eigenvalue weighted by molar-refractivity contribution is -0.384. The second kappa shape index (κ2) is 4.05. The van der Waals surface area contributed by atoms with Gasteiger partial charge in [0.2, 0.25) is 0 Å². The van der Waals surface area contributed by atoms with Crippen molar-refractivity contribution in [1.29, 1.82) is 0 Å². The van der Waals surface area contributed by atoms with Crippen molar-refractivity contribution in [1.82, 2.24) is 4.90 Å². The first-order valence-electron chi connectivity index (χ1n) is 4.74. The second-order valence-corrected chi connectivity index (χ2v) is 3.95. The number of nitro groups is 1. The van der Waals surface area contributed by atoms with Crippen LogP contribution in [0.25, 0.3) is 0 Å². The number of ether oxygens (including phenoxy) is 1. The van der Waals surface area contributed by atoms with E-state index < -0.39 is 4.92 Å².